The van der Waals surface area contributed by atoms with Crippen LogP contribution in [0.25, 0.3) is 0 Å². The van der Waals surface area contributed by atoms with Gasteiger partial charge >= 0.3 is 6.09 Å². The van der Waals surface area contributed by atoms with Crippen molar-refractivity contribution in [1.82, 2.24) is 10.6 Å². The van der Waals surface area contributed by atoms with Gasteiger partial charge in [0.05, 0.1) is 5.54 Å². The average Bonchev–Trinajstić information content (AvgIpc) is 2.37. The fraction of sp³-hybridized carbons (Fsp3) is 0.529. The summed E-state index contributed by atoms with van der Waals surface area (Å²) in [6.45, 7) is 9.51. The molecule has 0 saturated carbocycles. The van der Waals surface area contributed by atoms with Gasteiger partial charge in [0.2, 0.25) is 5.91 Å². The molecule has 0 bridgehead atoms. The summed E-state index contributed by atoms with van der Waals surface area (Å²) in [6.07, 6.45) is -0.308. The molecule has 0 unspecified atom stereocenters. The zero-order valence-electron chi connectivity index (χ0n) is 14.0. The first kappa shape index (κ1) is 18.0. The molecule has 5 heteroatoms. The largest absolute Gasteiger partial charge is 0.444 e. The van der Waals surface area contributed by atoms with Gasteiger partial charge in [0.15, 0.2) is 0 Å². The molecule has 0 aromatic heterocycles. The van der Waals surface area contributed by atoms with E-state index >= 15 is 0 Å². The van der Waals surface area contributed by atoms with Crippen molar-refractivity contribution in [2.24, 2.45) is 0 Å². The molecule has 0 aliphatic rings. The number of amides is 2. The van der Waals surface area contributed by atoms with Gasteiger partial charge in [-0.1, -0.05) is 30.3 Å². The van der Waals surface area contributed by atoms with Crippen LogP contribution in [0.3, 0.4) is 0 Å². The number of ether oxygens (including phenoxy) is 1. The highest BCUT2D eigenvalue weighted by atomic mass is 16.6. The molecule has 1 aromatic carbocycles. The number of alkyl carbamates (subject to hydrolysis) is 1. The number of rotatable bonds is 5. The number of hydrogen-bond donors (Lipinski definition) is 2. The molecule has 0 aliphatic heterocycles. The minimum Gasteiger partial charge on any atom is -0.444 e. The van der Waals surface area contributed by atoms with E-state index in [4.69, 9.17) is 4.74 Å². The van der Waals surface area contributed by atoms with Crippen molar-refractivity contribution in [2.75, 3.05) is 6.54 Å². The van der Waals surface area contributed by atoms with E-state index in [0.717, 1.165) is 5.56 Å². The minimum absolute atomic E-state index is 0.120. The van der Waals surface area contributed by atoms with E-state index in [0.29, 0.717) is 0 Å². The Balaban J connectivity index is 2.39. The molecule has 0 radical (unpaired) electrons. The summed E-state index contributed by atoms with van der Waals surface area (Å²) in [4.78, 5) is 23.5. The fourth-order valence-corrected chi connectivity index (χ4v) is 1.93. The lowest BCUT2D eigenvalue weighted by atomic mass is 9.94. The van der Waals surface area contributed by atoms with Crippen molar-refractivity contribution in [3.05, 3.63) is 35.9 Å². The molecule has 0 spiro atoms. The highest BCUT2D eigenvalue weighted by molar-refractivity contribution is 5.78. The molecule has 22 heavy (non-hydrogen) atoms. The smallest absolute Gasteiger partial charge is 0.407 e. The molecule has 2 amide bonds. The molecule has 0 saturated heterocycles. The SMILES string of the molecule is CC(C)(C)OC(=O)NCCC(=O)NC(C)(C)c1ccccc1. The third-order valence-corrected chi connectivity index (χ3v) is 2.97. The van der Waals surface area contributed by atoms with Crippen molar-refractivity contribution in [3.8, 4) is 0 Å². The zero-order valence-corrected chi connectivity index (χ0v) is 14.0. The summed E-state index contributed by atoms with van der Waals surface area (Å²) in [7, 11) is 0. The van der Waals surface area contributed by atoms with Crippen molar-refractivity contribution in [1.29, 1.82) is 0 Å². The van der Waals surface area contributed by atoms with Gasteiger partial charge < -0.3 is 15.4 Å². The highest BCUT2D eigenvalue weighted by Gasteiger charge is 2.22. The van der Waals surface area contributed by atoms with Crippen LogP contribution in [-0.4, -0.2) is 24.1 Å². The summed E-state index contributed by atoms with van der Waals surface area (Å²) in [6, 6.07) is 9.76. The first-order chi connectivity index (χ1) is 10.1. The van der Waals surface area contributed by atoms with Crippen LogP contribution in [0.4, 0.5) is 4.79 Å². The topological polar surface area (TPSA) is 67.4 Å². The van der Waals surface area contributed by atoms with Gasteiger partial charge in [-0.15, -0.1) is 0 Å². The molecule has 122 valence electrons. The Labute approximate surface area is 132 Å². The zero-order chi connectivity index (χ0) is 16.8. The van der Waals surface area contributed by atoms with Crippen LogP contribution in [0.5, 0.6) is 0 Å². The second-order valence-electron chi connectivity index (χ2n) is 6.72. The molecule has 2 N–H and O–H groups in total. The van der Waals surface area contributed by atoms with Gasteiger partial charge in [0, 0.05) is 13.0 Å². The number of hydrogen-bond acceptors (Lipinski definition) is 3. The molecule has 0 fully saturated rings. The van der Waals surface area contributed by atoms with Crippen LogP contribution >= 0.6 is 0 Å². The lowest BCUT2D eigenvalue weighted by Crippen LogP contribution is -2.42. The lowest BCUT2D eigenvalue weighted by Gasteiger charge is -2.27. The van der Waals surface area contributed by atoms with E-state index < -0.39 is 17.2 Å². The van der Waals surface area contributed by atoms with E-state index in [-0.39, 0.29) is 18.9 Å². The second kappa shape index (κ2) is 7.29. The van der Waals surface area contributed by atoms with Crippen molar-refractivity contribution in [2.45, 2.75) is 52.2 Å². The standard InChI is InChI=1S/C17H26N2O3/c1-16(2,3)22-15(21)18-12-11-14(20)19-17(4,5)13-9-7-6-8-10-13/h6-10H,11-12H2,1-5H3,(H,18,21)(H,19,20). The lowest BCUT2D eigenvalue weighted by molar-refractivity contribution is -0.122. The first-order valence-electron chi connectivity index (χ1n) is 7.43. The minimum atomic E-state index is -0.540. The average molecular weight is 306 g/mol. The highest BCUT2D eigenvalue weighted by Crippen LogP contribution is 2.19. The molecule has 0 aliphatic carbocycles. The first-order valence-corrected chi connectivity index (χ1v) is 7.43. The summed E-state index contributed by atoms with van der Waals surface area (Å²) in [5.74, 6) is -0.120. The third-order valence-electron chi connectivity index (χ3n) is 2.97. The Morgan fingerprint density at radius 1 is 1.05 bits per heavy atom. The van der Waals surface area contributed by atoms with Crippen LogP contribution < -0.4 is 10.6 Å². The molecular formula is C17H26N2O3. The second-order valence-corrected chi connectivity index (χ2v) is 6.72. The predicted octanol–water partition coefficient (Wildman–Crippen LogP) is 2.95. The summed E-state index contributed by atoms with van der Waals surface area (Å²) in [5, 5.41) is 5.54. The Kier molecular flexibility index (Phi) is 5.97. The maximum absolute atomic E-state index is 12.0. The Morgan fingerprint density at radius 2 is 1.64 bits per heavy atom. The number of carbonyl (C=O) groups is 2. The van der Waals surface area contributed by atoms with Crippen LogP contribution in [0.15, 0.2) is 30.3 Å². The van der Waals surface area contributed by atoms with Crippen molar-refractivity contribution in [3.63, 3.8) is 0 Å². The molecule has 5 nitrogen and oxygen atoms in total. The van der Waals surface area contributed by atoms with E-state index in [1.54, 1.807) is 20.8 Å². The van der Waals surface area contributed by atoms with E-state index in [2.05, 4.69) is 10.6 Å². The maximum atomic E-state index is 12.0. The summed E-state index contributed by atoms with van der Waals surface area (Å²) < 4.78 is 5.11. The van der Waals surface area contributed by atoms with E-state index in [9.17, 15) is 9.59 Å². The summed E-state index contributed by atoms with van der Waals surface area (Å²) in [5.41, 5.74) is 0.0368. The third kappa shape index (κ3) is 6.61. The van der Waals surface area contributed by atoms with E-state index in [1.807, 2.05) is 44.2 Å². The van der Waals surface area contributed by atoms with E-state index in [1.165, 1.54) is 0 Å². The van der Waals surface area contributed by atoms with Crippen LogP contribution in [-0.2, 0) is 15.1 Å². The Morgan fingerprint density at radius 3 is 2.18 bits per heavy atom. The van der Waals surface area contributed by atoms with Gasteiger partial charge in [0.1, 0.15) is 5.60 Å². The number of benzene rings is 1. The Bertz CT molecular complexity index is 504. The van der Waals surface area contributed by atoms with Gasteiger partial charge in [-0.2, -0.15) is 0 Å². The van der Waals surface area contributed by atoms with Crippen LogP contribution in [0.2, 0.25) is 0 Å². The number of carbonyl (C=O) groups excluding carboxylic acids is 2. The van der Waals surface area contributed by atoms with Gasteiger partial charge in [-0.25, -0.2) is 4.79 Å². The monoisotopic (exact) mass is 306 g/mol. The molecule has 1 rings (SSSR count). The summed E-state index contributed by atoms with van der Waals surface area (Å²) >= 11 is 0. The normalized spacial score (nSPS) is 11.7. The quantitative estimate of drug-likeness (QED) is 0.879. The molecule has 0 atom stereocenters. The predicted molar refractivity (Wildman–Crippen MR) is 86.5 cm³/mol. The maximum Gasteiger partial charge on any atom is 0.407 e. The van der Waals surface area contributed by atoms with Gasteiger partial charge in [0.25, 0.3) is 0 Å². The van der Waals surface area contributed by atoms with Crippen LogP contribution in [0, 0.1) is 0 Å². The Hall–Kier alpha value is -2.04. The fourth-order valence-electron chi connectivity index (χ4n) is 1.93. The van der Waals surface area contributed by atoms with Gasteiger partial charge in [-0.3, -0.25) is 4.79 Å². The molecule has 0 heterocycles. The molecule has 1 aromatic rings. The number of nitrogens with one attached hydrogen (secondary N) is 2. The molecular weight excluding hydrogens is 280 g/mol. The van der Waals surface area contributed by atoms with Crippen molar-refractivity contribution >= 4 is 12.0 Å². The van der Waals surface area contributed by atoms with Crippen molar-refractivity contribution < 1.29 is 14.3 Å². The van der Waals surface area contributed by atoms with Crippen LogP contribution in [0.1, 0.15) is 46.6 Å². The van der Waals surface area contributed by atoms with Gasteiger partial charge in [-0.05, 0) is 40.2 Å².